The summed E-state index contributed by atoms with van der Waals surface area (Å²) < 4.78 is 5.32. The van der Waals surface area contributed by atoms with Gasteiger partial charge in [-0.3, -0.25) is 4.79 Å². The zero-order chi connectivity index (χ0) is 15.0. The van der Waals surface area contributed by atoms with E-state index >= 15 is 0 Å². The number of amides is 1. The van der Waals surface area contributed by atoms with Gasteiger partial charge in [0.1, 0.15) is 0 Å². The van der Waals surface area contributed by atoms with E-state index in [0.29, 0.717) is 21.7 Å². The van der Waals surface area contributed by atoms with Gasteiger partial charge in [0.05, 0.1) is 16.7 Å². The highest BCUT2D eigenvalue weighted by atomic mass is 35.5. The molecule has 1 amide bonds. The fourth-order valence-electron chi connectivity index (χ4n) is 2.42. The Hall–Kier alpha value is -1.82. The molecule has 2 aromatic carbocycles. The Morgan fingerprint density at radius 3 is 2.86 bits per heavy atom. The summed E-state index contributed by atoms with van der Waals surface area (Å²) in [6, 6.07) is 12.2. The van der Waals surface area contributed by atoms with E-state index in [1.165, 1.54) is 0 Å². The van der Waals surface area contributed by atoms with Crippen LogP contribution < -0.4 is 10.8 Å². The number of fused-ring (bicyclic) bond motifs is 1. The first-order chi connectivity index (χ1) is 10.1. The smallest absolute Gasteiger partial charge is 0.423 e. The molecule has 2 aromatic rings. The molecule has 1 heterocycles. The molecule has 1 unspecified atom stereocenters. The van der Waals surface area contributed by atoms with Crippen LogP contribution in [0.4, 0.5) is 5.69 Å². The minimum Gasteiger partial charge on any atom is -0.423 e. The Morgan fingerprint density at radius 2 is 2.10 bits per heavy atom. The van der Waals surface area contributed by atoms with Crippen molar-refractivity contribution in [1.29, 1.82) is 0 Å². The summed E-state index contributed by atoms with van der Waals surface area (Å²) in [5.41, 5.74) is 2.61. The average Bonchev–Trinajstić information content (AvgIpc) is 2.74. The van der Waals surface area contributed by atoms with Crippen molar-refractivity contribution in [3.05, 3.63) is 58.6 Å². The van der Waals surface area contributed by atoms with Crippen LogP contribution in [0.15, 0.2) is 42.5 Å². The van der Waals surface area contributed by atoms with Crippen LogP contribution in [-0.2, 0) is 4.65 Å². The molecule has 2 N–H and O–H groups in total. The zero-order valence-electron chi connectivity index (χ0n) is 11.3. The molecule has 0 spiro atoms. The van der Waals surface area contributed by atoms with Crippen LogP contribution in [-0.4, -0.2) is 18.0 Å². The largest absolute Gasteiger partial charge is 0.492 e. The lowest BCUT2D eigenvalue weighted by Gasteiger charge is -2.09. The molecule has 0 aromatic heterocycles. The first-order valence-corrected chi connectivity index (χ1v) is 6.97. The van der Waals surface area contributed by atoms with Crippen molar-refractivity contribution in [3.8, 4) is 0 Å². The molecule has 1 aliphatic rings. The number of halogens is 1. The second-order valence-corrected chi connectivity index (χ2v) is 5.32. The van der Waals surface area contributed by atoms with Crippen molar-refractivity contribution in [1.82, 2.24) is 0 Å². The number of hydrogen-bond acceptors (Lipinski definition) is 3. The van der Waals surface area contributed by atoms with E-state index in [2.05, 4.69) is 5.32 Å². The monoisotopic (exact) mass is 301 g/mol. The Morgan fingerprint density at radius 1 is 1.33 bits per heavy atom. The van der Waals surface area contributed by atoms with Crippen LogP contribution in [0.3, 0.4) is 0 Å². The molecule has 6 heteroatoms. The second-order valence-electron chi connectivity index (χ2n) is 4.91. The Kier molecular flexibility index (Phi) is 3.72. The topological polar surface area (TPSA) is 58.6 Å². The molecule has 4 nitrogen and oxygen atoms in total. The molecule has 106 valence electrons. The summed E-state index contributed by atoms with van der Waals surface area (Å²) in [4.78, 5) is 12.2. The van der Waals surface area contributed by atoms with Gasteiger partial charge >= 0.3 is 7.12 Å². The van der Waals surface area contributed by atoms with Crippen molar-refractivity contribution < 1.29 is 14.5 Å². The highest BCUT2D eigenvalue weighted by molar-refractivity contribution is 6.61. The predicted octanol–water partition coefficient (Wildman–Crippen LogP) is 2.37. The zero-order valence-corrected chi connectivity index (χ0v) is 12.1. The van der Waals surface area contributed by atoms with E-state index in [0.717, 1.165) is 5.56 Å². The molecule has 1 aliphatic heterocycles. The van der Waals surface area contributed by atoms with Crippen LogP contribution in [0.2, 0.25) is 5.02 Å². The van der Waals surface area contributed by atoms with E-state index in [1.807, 2.05) is 13.0 Å². The molecule has 0 aliphatic carbocycles. The normalized spacial score (nSPS) is 16.7. The fourth-order valence-corrected chi connectivity index (χ4v) is 2.64. The van der Waals surface area contributed by atoms with Gasteiger partial charge in [0.25, 0.3) is 5.91 Å². The van der Waals surface area contributed by atoms with Crippen molar-refractivity contribution in [2.45, 2.75) is 13.0 Å². The number of anilines is 1. The molecular weight excluding hydrogens is 288 g/mol. The molecule has 0 bridgehead atoms. The van der Waals surface area contributed by atoms with Gasteiger partial charge < -0.3 is 15.0 Å². The van der Waals surface area contributed by atoms with Crippen LogP contribution in [0.5, 0.6) is 0 Å². The molecule has 0 saturated carbocycles. The lowest BCUT2D eigenvalue weighted by atomic mass is 9.79. The van der Waals surface area contributed by atoms with Crippen molar-refractivity contribution in [3.63, 3.8) is 0 Å². The summed E-state index contributed by atoms with van der Waals surface area (Å²) >= 11 is 6.00. The summed E-state index contributed by atoms with van der Waals surface area (Å²) in [6.45, 7) is 1.87. The number of nitrogens with one attached hydrogen (secondary N) is 1. The third-order valence-electron chi connectivity index (χ3n) is 3.50. The van der Waals surface area contributed by atoms with Crippen LogP contribution in [0.25, 0.3) is 0 Å². The number of carbonyl (C=O) groups excluding carboxylic acids is 1. The second kappa shape index (κ2) is 5.52. The van der Waals surface area contributed by atoms with Gasteiger partial charge in [-0.1, -0.05) is 29.8 Å². The van der Waals surface area contributed by atoms with Gasteiger partial charge in [0.2, 0.25) is 0 Å². The van der Waals surface area contributed by atoms with E-state index in [9.17, 15) is 9.82 Å². The molecule has 3 rings (SSSR count). The standard InChI is InChI=1S/C15H13BClNO3/c1-9-11-7-6-10(8-13(11)16(20)21-9)18-15(19)12-4-2-3-5-14(12)17/h2-9,20H,1H3,(H,18,19). The maximum absolute atomic E-state index is 12.2. The lowest BCUT2D eigenvalue weighted by Crippen LogP contribution is -2.28. The van der Waals surface area contributed by atoms with Crippen molar-refractivity contribution in [2.75, 3.05) is 5.32 Å². The highest BCUT2D eigenvalue weighted by Crippen LogP contribution is 2.25. The predicted molar refractivity (Wildman–Crippen MR) is 83.0 cm³/mol. The molecule has 0 fully saturated rings. The van der Waals surface area contributed by atoms with Gasteiger partial charge in [0.15, 0.2) is 0 Å². The van der Waals surface area contributed by atoms with E-state index < -0.39 is 7.12 Å². The van der Waals surface area contributed by atoms with Gasteiger partial charge in [-0.2, -0.15) is 0 Å². The third kappa shape index (κ3) is 2.68. The maximum Gasteiger partial charge on any atom is 0.492 e. The summed E-state index contributed by atoms with van der Waals surface area (Å²) in [7, 11) is -0.952. The van der Waals surface area contributed by atoms with Gasteiger partial charge in [-0.05, 0) is 42.2 Å². The SMILES string of the molecule is CC1OB(O)c2cc(NC(=O)c3ccccc3Cl)ccc21. The molecular formula is C15H13BClNO3. The van der Waals surface area contributed by atoms with Gasteiger partial charge in [-0.15, -0.1) is 0 Å². The Balaban J connectivity index is 1.85. The van der Waals surface area contributed by atoms with Crippen LogP contribution in [0.1, 0.15) is 28.9 Å². The first kappa shape index (κ1) is 14.1. The number of carbonyl (C=O) groups is 1. The van der Waals surface area contributed by atoms with E-state index in [4.69, 9.17) is 16.3 Å². The maximum atomic E-state index is 12.2. The number of rotatable bonds is 2. The molecule has 21 heavy (non-hydrogen) atoms. The van der Waals surface area contributed by atoms with Crippen molar-refractivity contribution >= 4 is 35.8 Å². The Bertz CT molecular complexity index is 707. The average molecular weight is 302 g/mol. The van der Waals surface area contributed by atoms with Crippen molar-refractivity contribution in [2.24, 2.45) is 0 Å². The number of benzene rings is 2. The summed E-state index contributed by atoms with van der Waals surface area (Å²) in [6.07, 6.45) is -0.150. The van der Waals surface area contributed by atoms with Crippen LogP contribution in [0, 0.1) is 0 Å². The van der Waals surface area contributed by atoms with E-state index in [1.54, 1.807) is 36.4 Å². The van der Waals surface area contributed by atoms with Crippen LogP contribution >= 0.6 is 11.6 Å². The number of hydrogen-bond donors (Lipinski definition) is 2. The van der Waals surface area contributed by atoms with E-state index in [-0.39, 0.29) is 12.0 Å². The molecule has 1 atom stereocenters. The minimum atomic E-state index is -0.952. The van der Waals surface area contributed by atoms with Gasteiger partial charge in [-0.25, -0.2) is 0 Å². The Labute approximate surface area is 127 Å². The quantitative estimate of drug-likeness (QED) is 0.837. The highest BCUT2D eigenvalue weighted by Gasteiger charge is 2.32. The first-order valence-electron chi connectivity index (χ1n) is 6.59. The minimum absolute atomic E-state index is 0.150. The third-order valence-corrected chi connectivity index (χ3v) is 3.83. The molecule has 0 radical (unpaired) electrons. The molecule has 0 saturated heterocycles. The fraction of sp³-hybridized carbons (Fsp3) is 0.133. The van der Waals surface area contributed by atoms with Gasteiger partial charge in [0, 0.05) is 5.69 Å². The summed E-state index contributed by atoms with van der Waals surface area (Å²) in [5, 5.41) is 13.0. The summed E-state index contributed by atoms with van der Waals surface area (Å²) in [5.74, 6) is -0.290. The lowest BCUT2D eigenvalue weighted by molar-refractivity contribution is 0.102.